The van der Waals surface area contributed by atoms with Crippen molar-refractivity contribution in [3.05, 3.63) is 35.4 Å². The van der Waals surface area contributed by atoms with Gasteiger partial charge in [-0.2, -0.15) is 0 Å². The van der Waals surface area contributed by atoms with Crippen molar-refractivity contribution in [2.75, 3.05) is 0 Å². The lowest BCUT2D eigenvalue weighted by atomic mass is 10.00. The first-order chi connectivity index (χ1) is 8.25. The predicted molar refractivity (Wildman–Crippen MR) is 68.0 cm³/mol. The van der Waals surface area contributed by atoms with E-state index in [2.05, 4.69) is 21.5 Å². The molecule has 0 radical (unpaired) electrons. The molecule has 1 aliphatic rings. The van der Waals surface area contributed by atoms with Crippen LogP contribution in [0.15, 0.2) is 24.5 Å². The van der Waals surface area contributed by atoms with Crippen LogP contribution < -0.4 is 0 Å². The molecule has 17 heavy (non-hydrogen) atoms. The van der Waals surface area contributed by atoms with E-state index in [0.29, 0.717) is 11.1 Å². The summed E-state index contributed by atoms with van der Waals surface area (Å²) in [6, 6.07) is 3.95. The van der Waals surface area contributed by atoms with Gasteiger partial charge in [0.2, 0.25) is 0 Å². The van der Waals surface area contributed by atoms with Crippen LogP contribution in [-0.2, 0) is 13.0 Å². The Bertz CT molecular complexity index is 533. The Morgan fingerprint density at radius 1 is 1.35 bits per heavy atom. The smallest absolute Gasteiger partial charge is 0.150 e. The molecule has 0 saturated heterocycles. The van der Waals surface area contributed by atoms with Gasteiger partial charge in [0.1, 0.15) is 5.82 Å². The lowest BCUT2D eigenvalue weighted by molar-refractivity contribution is 0.402. The second-order valence-corrected chi connectivity index (χ2v) is 5.02. The molecule has 0 amide bonds. The summed E-state index contributed by atoms with van der Waals surface area (Å²) < 4.78 is 2.26. The molecular formula is C13H14ClN3. The van der Waals surface area contributed by atoms with E-state index in [4.69, 9.17) is 11.6 Å². The first kappa shape index (κ1) is 10.8. The molecule has 0 fully saturated rings. The highest BCUT2D eigenvalue weighted by Crippen LogP contribution is 2.31. The van der Waals surface area contributed by atoms with Crippen molar-refractivity contribution in [2.45, 2.75) is 26.3 Å². The van der Waals surface area contributed by atoms with Crippen LogP contribution in [0.5, 0.6) is 0 Å². The van der Waals surface area contributed by atoms with Gasteiger partial charge in [-0.15, -0.1) is 0 Å². The van der Waals surface area contributed by atoms with E-state index in [1.54, 1.807) is 12.4 Å². The third kappa shape index (κ3) is 1.84. The lowest BCUT2D eigenvalue weighted by Gasteiger charge is -2.22. The molecule has 3 heterocycles. The quantitative estimate of drug-likeness (QED) is 0.775. The van der Waals surface area contributed by atoms with E-state index in [1.165, 1.54) is 12.1 Å². The fourth-order valence-corrected chi connectivity index (χ4v) is 2.68. The summed E-state index contributed by atoms with van der Waals surface area (Å²) in [5.74, 6) is 1.66. The van der Waals surface area contributed by atoms with Crippen molar-refractivity contribution >= 4 is 11.6 Å². The molecule has 0 saturated carbocycles. The zero-order valence-electron chi connectivity index (χ0n) is 9.73. The molecular weight excluding hydrogens is 234 g/mol. The number of rotatable bonds is 1. The average Bonchev–Trinajstić information content (AvgIpc) is 2.67. The van der Waals surface area contributed by atoms with Crippen molar-refractivity contribution in [3.8, 4) is 11.4 Å². The molecule has 1 unspecified atom stereocenters. The first-order valence-electron chi connectivity index (χ1n) is 5.91. The van der Waals surface area contributed by atoms with Crippen molar-refractivity contribution in [2.24, 2.45) is 5.92 Å². The minimum Gasteiger partial charge on any atom is -0.326 e. The van der Waals surface area contributed by atoms with Crippen LogP contribution in [0, 0.1) is 5.92 Å². The minimum atomic E-state index is 0.656. The molecule has 2 aromatic rings. The maximum absolute atomic E-state index is 6.21. The van der Waals surface area contributed by atoms with Crippen molar-refractivity contribution in [1.82, 2.24) is 14.5 Å². The summed E-state index contributed by atoms with van der Waals surface area (Å²) in [7, 11) is 0. The fourth-order valence-electron chi connectivity index (χ4n) is 2.40. The van der Waals surface area contributed by atoms with Gasteiger partial charge < -0.3 is 4.57 Å². The van der Waals surface area contributed by atoms with Gasteiger partial charge in [0.05, 0.1) is 5.69 Å². The highest BCUT2D eigenvalue weighted by Gasteiger charge is 2.22. The number of pyridine rings is 1. The molecule has 88 valence electrons. The maximum Gasteiger partial charge on any atom is 0.150 e. The molecule has 1 aliphatic heterocycles. The number of imidazole rings is 1. The topological polar surface area (TPSA) is 30.7 Å². The molecule has 0 aliphatic carbocycles. The fraction of sp³-hybridized carbons (Fsp3) is 0.385. The Balaban J connectivity index is 2.13. The first-order valence-corrected chi connectivity index (χ1v) is 6.29. The van der Waals surface area contributed by atoms with E-state index >= 15 is 0 Å². The van der Waals surface area contributed by atoms with E-state index in [9.17, 15) is 0 Å². The summed E-state index contributed by atoms with van der Waals surface area (Å²) in [5.41, 5.74) is 2.26. The third-order valence-electron chi connectivity index (χ3n) is 3.33. The van der Waals surface area contributed by atoms with Gasteiger partial charge in [0.15, 0.2) is 5.15 Å². The van der Waals surface area contributed by atoms with Gasteiger partial charge in [0.25, 0.3) is 0 Å². The minimum absolute atomic E-state index is 0.656. The molecule has 1 atom stereocenters. The van der Waals surface area contributed by atoms with Gasteiger partial charge in [0, 0.05) is 24.5 Å². The monoisotopic (exact) mass is 247 g/mol. The number of halogens is 1. The number of aromatic nitrogens is 3. The molecule has 0 N–H and O–H groups in total. The van der Waals surface area contributed by atoms with Gasteiger partial charge in [-0.05, 0) is 30.9 Å². The molecule has 3 nitrogen and oxygen atoms in total. The largest absolute Gasteiger partial charge is 0.326 e. The molecule has 0 bridgehead atoms. The Morgan fingerprint density at radius 3 is 2.88 bits per heavy atom. The van der Waals surface area contributed by atoms with Gasteiger partial charge >= 0.3 is 0 Å². The zero-order valence-corrected chi connectivity index (χ0v) is 10.5. The van der Waals surface area contributed by atoms with Gasteiger partial charge in [-0.25, -0.2) is 4.98 Å². The van der Waals surface area contributed by atoms with Gasteiger partial charge in [-0.1, -0.05) is 18.5 Å². The van der Waals surface area contributed by atoms with Crippen LogP contribution in [0.3, 0.4) is 0 Å². The van der Waals surface area contributed by atoms with Crippen LogP contribution in [0.1, 0.15) is 19.0 Å². The Hall–Kier alpha value is -1.35. The van der Waals surface area contributed by atoms with E-state index < -0.39 is 0 Å². The molecule has 2 aromatic heterocycles. The lowest BCUT2D eigenvalue weighted by Crippen LogP contribution is -2.18. The zero-order chi connectivity index (χ0) is 11.8. The molecule has 4 heteroatoms. The van der Waals surface area contributed by atoms with Crippen LogP contribution in [-0.4, -0.2) is 14.5 Å². The van der Waals surface area contributed by atoms with Crippen molar-refractivity contribution < 1.29 is 0 Å². The number of nitrogens with zero attached hydrogens (tertiary/aromatic N) is 3. The van der Waals surface area contributed by atoms with Gasteiger partial charge in [-0.3, -0.25) is 4.98 Å². The second kappa shape index (κ2) is 4.15. The number of hydrogen-bond donors (Lipinski definition) is 0. The predicted octanol–water partition coefficient (Wildman–Crippen LogP) is 3.18. The molecule has 3 rings (SSSR count). The molecule has 0 aromatic carbocycles. The van der Waals surface area contributed by atoms with Crippen LogP contribution >= 0.6 is 11.6 Å². The summed E-state index contributed by atoms with van der Waals surface area (Å²) in [4.78, 5) is 8.53. The second-order valence-electron chi connectivity index (χ2n) is 4.66. The van der Waals surface area contributed by atoms with Crippen LogP contribution in [0.4, 0.5) is 0 Å². The Morgan fingerprint density at radius 2 is 2.12 bits per heavy atom. The summed E-state index contributed by atoms with van der Waals surface area (Å²) in [5, 5.41) is 0.656. The highest BCUT2D eigenvalue weighted by molar-refractivity contribution is 6.30. The van der Waals surface area contributed by atoms with E-state index in [-0.39, 0.29) is 0 Å². The third-order valence-corrected chi connectivity index (χ3v) is 3.63. The number of fused-ring (bicyclic) bond motifs is 1. The van der Waals surface area contributed by atoms with Crippen molar-refractivity contribution in [1.29, 1.82) is 0 Å². The number of hydrogen-bond acceptors (Lipinski definition) is 2. The standard InChI is InChI=1S/C13H14ClN3/c1-9-2-3-11-12(14)16-13(17(11)8-9)10-4-6-15-7-5-10/h4-7,9H,2-3,8H2,1H3. The average molecular weight is 248 g/mol. The van der Waals surface area contributed by atoms with Crippen LogP contribution in [0.25, 0.3) is 11.4 Å². The van der Waals surface area contributed by atoms with E-state index in [0.717, 1.165) is 24.4 Å². The Labute approximate surface area is 105 Å². The normalized spacial score (nSPS) is 19.1. The Kier molecular flexibility index (Phi) is 2.63. The SMILES string of the molecule is CC1CCc2c(Cl)nc(-c3ccncc3)n2C1. The summed E-state index contributed by atoms with van der Waals surface area (Å²) >= 11 is 6.21. The summed E-state index contributed by atoms with van der Waals surface area (Å²) in [6.07, 6.45) is 5.80. The van der Waals surface area contributed by atoms with Crippen LogP contribution in [0.2, 0.25) is 5.15 Å². The van der Waals surface area contributed by atoms with Crippen molar-refractivity contribution in [3.63, 3.8) is 0 Å². The van der Waals surface area contributed by atoms with E-state index in [1.807, 2.05) is 12.1 Å². The summed E-state index contributed by atoms with van der Waals surface area (Å²) in [6.45, 7) is 3.28. The molecule has 0 spiro atoms. The highest BCUT2D eigenvalue weighted by atomic mass is 35.5. The maximum atomic E-state index is 6.21.